The fourth-order valence-electron chi connectivity index (χ4n) is 4.62. The fourth-order valence-corrected chi connectivity index (χ4v) is 4.62. The molecule has 2 unspecified atom stereocenters. The molecule has 1 aromatic heterocycles. The predicted molar refractivity (Wildman–Crippen MR) is 140 cm³/mol. The molecule has 0 spiro atoms. The van der Waals surface area contributed by atoms with Crippen LogP contribution in [0.25, 0.3) is 0 Å². The lowest BCUT2D eigenvalue weighted by Crippen LogP contribution is -2.55. The fraction of sp³-hybridized carbons (Fsp3) is 0.536. The van der Waals surface area contributed by atoms with Gasteiger partial charge in [0.2, 0.25) is 0 Å². The molecule has 194 valence electrons. The molecule has 2 N–H and O–H groups in total. The summed E-state index contributed by atoms with van der Waals surface area (Å²) in [6.07, 6.45) is 7.49. The molecule has 1 saturated heterocycles. The number of aromatic nitrogens is 1. The molecule has 2 heterocycles. The second kappa shape index (κ2) is 11.2. The first-order chi connectivity index (χ1) is 17.3. The number of hydrogen-bond acceptors (Lipinski definition) is 6. The molecule has 2 aromatic rings. The van der Waals surface area contributed by atoms with Crippen LogP contribution in [-0.2, 0) is 4.79 Å². The number of hydrogen-bond donors (Lipinski definition) is 2. The van der Waals surface area contributed by atoms with Crippen molar-refractivity contribution in [2.75, 3.05) is 18.6 Å². The van der Waals surface area contributed by atoms with Crippen LogP contribution >= 0.6 is 0 Å². The summed E-state index contributed by atoms with van der Waals surface area (Å²) < 4.78 is 11.2. The zero-order valence-electron chi connectivity index (χ0n) is 21.8. The highest BCUT2D eigenvalue weighted by Crippen LogP contribution is 2.28. The lowest BCUT2D eigenvalue weighted by atomic mass is 9.93. The number of carbonyl (C=O) groups excluding carboxylic acids is 2. The number of nitrogens with zero attached hydrogens (tertiary/aromatic N) is 2. The first-order valence-electron chi connectivity index (χ1n) is 13.0. The van der Waals surface area contributed by atoms with Crippen LogP contribution in [0.2, 0.25) is 0 Å². The van der Waals surface area contributed by atoms with Gasteiger partial charge in [-0.3, -0.25) is 9.59 Å². The standard InChI is InChI=1S/C28H38N4O4/c1-5-6-22-17-21(31-27(34)28(2,3)36-24-12-10-23(35-4)11-13-24)15-16-32(22)25-14-7-19(18-29-25)26(33)30-20-8-9-20/h7,10-14,18,20-22H,5-6,8-9,15-17H2,1-4H3,(H,30,33)(H,31,34). The van der Waals surface area contributed by atoms with Crippen LogP contribution in [0.15, 0.2) is 42.6 Å². The second-order valence-electron chi connectivity index (χ2n) is 10.3. The molecule has 8 nitrogen and oxygen atoms in total. The Hall–Kier alpha value is -3.29. The van der Waals surface area contributed by atoms with Crippen molar-refractivity contribution >= 4 is 17.6 Å². The average molecular weight is 495 g/mol. The van der Waals surface area contributed by atoms with Gasteiger partial charge in [-0.2, -0.15) is 0 Å². The molecule has 0 bridgehead atoms. The van der Waals surface area contributed by atoms with Gasteiger partial charge in [0.05, 0.1) is 12.7 Å². The Morgan fingerprint density at radius 1 is 1.03 bits per heavy atom. The van der Waals surface area contributed by atoms with Crippen LogP contribution in [0.1, 0.15) is 69.7 Å². The highest BCUT2D eigenvalue weighted by atomic mass is 16.5. The Labute approximate surface area is 213 Å². The van der Waals surface area contributed by atoms with E-state index in [1.807, 2.05) is 24.3 Å². The molecule has 36 heavy (non-hydrogen) atoms. The number of pyridine rings is 1. The lowest BCUT2D eigenvalue weighted by molar-refractivity contribution is -0.135. The van der Waals surface area contributed by atoms with E-state index in [0.29, 0.717) is 17.4 Å². The van der Waals surface area contributed by atoms with Crippen molar-refractivity contribution in [3.63, 3.8) is 0 Å². The number of amides is 2. The highest BCUT2D eigenvalue weighted by Gasteiger charge is 2.35. The minimum absolute atomic E-state index is 0.0532. The molecule has 0 radical (unpaired) electrons. The number of carbonyl (C=O) groups is 2. The third-order valence-electron chi connectivity index (χ3n) is 6.87. The summed E-state index contributed by atoms with van der Waals surface area (Å²) in [6, 6.07) is 11.7. The van der Waals surface area contributed by atoms with E-state index < -0.39 is 5.60 Å². The normalized spacial score (nSPS) is 19.9. The molecule has 4 rings (SSSR count). The topological polar surface area (TPSA) is 92.8 Å². The maximum atomic E-state index is 13.1. The summed E-state index contributed by atoms with van der Waals surface area (Å²) in [5, 5.41) is 6.23. The number of benzene rings is 1. The van der Waals surface area contributed by atoms with Crippen LogP contribution in [0.3, 0.4) is 0 Å². The van der Waals surface area contributed by atoms with Crippen molar-refractivity contribution < 1.29 is 19.1 Å². The summed E-state index contributed by atoms with van der Waals surface area (Å²) in [4.78, 5) is 32.4. The Balaban J connectivity index is 1.35. The molecule has 2 aliphatic rings. The van der Waals surface area contributed by atoms with E-state index in [9.17, 15) is 9.59 Å². The quantitative estimate of drug-likeness (QED) is 0.517. The van der Waals surface area contributed by atoms with Gasteiger partial charge in [0.25, 0.3) is 11.8 Å². The largest absolute Gasteiger partial charge is 0.497 e. The molecule has 8 heteroatoms. The molecule has 1 aliphatic heterocycles. The summed E-state index contributed by atoms with van der Waals surface area (Å²) in [5.41, 5.74) is -0.413. The van der Waals surface area contributed by atoms with E-state index in [2.05, 4.69) is 27.4 Å². The van der Waals surface area contributed by atoms with Gasteiger partial charge in [-0.05, 0) is 82.3 Å². The summed E-state index contributed by atoms with van der Waals surface area (Å²) in [6.45, 7) is 6.53. The number of piperidine rings is 1. The van der Waals surface area contributed by atoms with Gasteiger partial charge < -0.3 is 25.0 Å². The zero-order chi connectivity index (χ0) is 25.7. The van der Waals surface area contributed by atoms with Crippen molar-refractivity contribution in [3.8, 4) is 11.5 Å². The van der Waals surface area contributed by atoms with Crippen molar-refractivity contribution in [3.05, 3.63) is 48.2 Å². The van der Waals surface area contributed by atoms with Crippen LogP contribution in [0.5, 0.6) is 11.5 Å². The zero-order valence-corrected chi connectivity index (χ0v) is 21.8. The lowest BCUT2D eigenvalue weighted by Gasteiger charge is -2.41. The maximum absolute atomic E-state index is 13.1. The maximum Gasteiger partial charge on any atom is 0.263 e. The first kappa shape index (κ1) is 25.8. The van der Waals surface area contributed by atoms with Crippen molar-refractivity contribution in [1.29, 1.82) is 0 Å². The van der Waals surface area contributed by atoms with E-state index >= 15 is 0 Å². The van der Waals surface area contributed by atoms with E-state index in [0.717, 1.165) is 56.6 Å². The van der Waals surface area contributed by atoms with Gasteiger partial charge in [-0.1, -0.05) is 13.3 Å². The first-order valence-corrected chi connectivity index (χ1v) is 13.0. The van der Waals surface area contributed by atoms with Gasteiger partial charge in [-0.25, -0.2) is 4.98 Å². The molecule has 2 amide bonds. The Kier molecular flexibility index (Phi) is 8.01. The summed E-state index contributed by atoms with van der Waals surface area (Å²) in [7, 11) is 1.62. The summed E-state index contributed by atoms with van der Waals surface area (Å²) in [5.74, 6) is 2.06. The van der Waals surface area contributed by atoms with Crippen LogP contribution < -0.4 is 25.0 Å². The number of rotatable bonds is 10. The molecule has 2 atom stereocenters. The van der Waals surface area contributed by atoms with Crippen molar-refractivity contribution in [2.45, 2.75) is 83.0 Å². The van der Waals surface area contributed by atoms with Crippen LogP contribution in [0, 0.1) is 0 Å². The monoisotopic (exact) mass is 494 g/mol. The Bertz CT molecular complexity index is 1030. The Morgan fingerprint density at radius 3 is 2.36 bits per heavy atom. The number of anilines is 1. The molecule has 1 aliphatic carbocycles. The van der Waals surface area contributed by atoms with E-state index in [-0.39, 0.29) is 23.9 Å². The molecule has 1 aromatic carbocycles. The van der Waals surface area contributed by atoms with E-state index in [1.54, 1.807) is 39.3 Å². The van der Waals surface area contributed by atoms with Gasteiger partial charge in [0, 0.05) is 30.9 Å². The Morgan fingerprint density at radius 2 is 1.75 bits per heavy atom. The van der Waals surface area contributed by atoms with Crippen LogP contribution in [-0.4, -0.2) is 54.2 Å². The van der Waals surface area contributed by atoms with E-state index in [1.165, 1.54) is 0 Å². The van der Waals surface area contributed by atoms with Gasteiger partial charge in [-0.15, -0.1) is 0 Å². The third-order valence-corrected chi connectivity index (χ3v) is 6.87. The predicted octanol–water partition coefficient (Wildman–Crippen LogP) is 4.09. The van der Waals surface area contributed by atoms with Crippen LogP contribution in [0.4, 0.5) is 5.82 Å². The third kappa shape index (κ3) is 6.47. The van der Waals surface area contributed by atoms with Gasteiger partial charge in [0.15, 0.2) is 5.60 Å². The SMILES string of the molecule is CCCC1CC(NC(=O)C(C)(C)Oc2ccc(OC)cc2)CCN1c1ccc(C(=O)NC2CC2)cn1. The van der Waals surface area contributed by atoms with Gasteiger partial charge >= 0.3 is 0 Å². The number of methoxy groups -OCH3 is 1. The smallest absolute Gasteiger partial charge is 0.263 e. The molecular formula is C28H38N4O4. The molecular weight excluding hydrogens is 456 g/mol. The number of nitrogens with one attached hydrogen (secondary N) is 2. The summed E-state index contributed by atoms with van der Waals surface area (Å²) >= 11 is 0. The minimum atomic E-state index is -1.01. The minimum Gasteiger partial charge on any atom is -0.497 e. The average Bonchev–Trinajstić information content (AvgIpc) is 3.69. The molecule has 1 saturated carbocycles. The van der Waals surface area contributed by atoms with Crippen molar-refractivity contribution in [1.82, 2.24) is 15.6 Å². The second-order valence-corrected chi connectivity index (χ2v) is 10.3. The van der Waals surface area contributed by atoms with Crippen molar-refractivity contribution in [2.24, 2.45) is 0 Å². The van der Waals surface area contributed by atoms with Gasteiger partial charge in [0.1, 0.15) is 17.3 Å². The van der Waals surface area contributed by atoms with E-state index in [4.69, 9.17) is 9.47 Å². The highest BCUT2D eigenvalue weighted by molar-refractivity contribution is 5.94. The number of ether oxygens (including phenoxy) is 2. The molecule has 2 fully saturated rings.